The standard InChI is InChI=1S/C18H17NO4/c1-3-13-4-6-14(7-5-13)21-11-18(20)23-15-8-9-17-16(10-15)19-12(2)22-17/h4-10H,3,11H2,1-2H3. The Morgan fingerprint density at radius 1 is 1.13 bits per heavy atom. The van der Waals surface area contributed by atoms with Crippen LogP contribution in [0.5, 0.6) is 11.5 Å². The maximum atomic E-state index is 11.9. The highest BCUT2D eigenvalue weighted by Crippen LogP contribution is 2.21. The van der Waals surface area contributed by atoms with Crippen LogP contribution in [0.15, 0.2) is 46.9 Å². The topological polar surface area (TPSA) is 61.6 Å². The number of hydrogen-bond acceptors (Lipinski definition) is 5. The molecule has 0 saturated carbocycles. The first-order chi connectivity index (χ1) is 11.1. The first kappa shape index (κ1) is 15.1. The molecule has 0 radical (unpaired) electrons. The van der Waals surface area contributed by atoms with E-state index in [4.69, 9.17) is 13.9 Å². The van der Waals surface area contributed by atoms with Gasteiger partial charge in [-0.15, -0.1) is 0 Å². The Balaban J connectivity index is 1.59. The van der Waals surface area contributed by atoms with Gasteiger partial charge in [0, 0.05) is 13.0 Å². The van der Waals surface area contributed by atoms with Gasteiger partial charge in [-0.25, -0.2) is 9.78 Å². The van der Waals surface area contributed by atoms with E-state index in [2.05, 4.69) is 11.9 Å². The minimum absolute atomic E-state index is 0.151. The summed E-state index contributed by atoms with van der Waals surface area (Å²) in [5, 5.41) is 0. The molecule has 3 rings (SSSR count). The van der Waals surface area contributed by atoms with E-state index >= 15 is 0 Å². The van der Waals surface area contributed by atoms with Gasteiger partial charge in [-0.05, 0) is 36.2 Å². The van der Waals surface area contributed by atoms with Gasteiger partial charge >= 0.3 is 5.97 Å². The second-order valence-corrected chi connectivity index (χ2v) is 5.12. The summed E-state index contributed by atoms with van der Waals surface area (Å²) >= 11 is 0. The molecule has 3 aromatic rings. The van der Waals surface area contributed by atoms with Crippen molar-refractivity contribution < 1.29 is 18.7 Å². The molecule has 0 N–H and O–H groups in total. The van der Waals surface area contributed by atoms with Crippen LogP contribution in [0.1, 0.15) is 18.4 Å². The largest absolute Gasteiger partial charge is 0.482 e. The number of ether oxygens (including phenoxy) is 2. The van der Waals surface area contributed by atoms with E-state index in [9.17, 15) is 4.79 Å². The second-order valence-electron chi connectivity index (χ2n) is 5.12. The smallest absolute Gasteiger partial charge is 0.349 e. The van der Waals surface area contributed by atoms with Gasteiger partial charge in [0.2, 0.25) is 0 Å². The molecule has 0 fully saturated rings. The van der Waals surface area contributed by atoms with Crippen LogP contribution in [0, 0.1) is 6.92 Å². The Morgan fingerprint density at radius 2 is 1.87 bits per heavy atom. The van der Waals surface area contributed by atoms with E-state index in [1.54, 1.807) is 25.1 Å². The first-order valence-electron chi connectivity index (χ1n) is 7.43. The molecule has 5 nitrogen and oxygen atoms in total. The number of carbonyl (C=O) groups is 1. The number of fused-ring (bicyclic) bond motifs is 1. The van der Waals surface area contributed by atoms with Gasteiger partial charge in [0.25, 0.3) is 0 Å². The third-order valence-electron chi connectivity index (χ3n) is 3.39. The molecule has 0 saturated heterocycles. The van der Waals surface area contributed by atoms with Crippen molar-refractivity contribution in [2.24, 2.45) is 0 Å². The lowest BCUT2D eigenvalue weighted by Gasteiger charge is -2.07. The van der Waals surface area contributed by atoms with Gasteiger partial charge in [0.15, 0.2) is 18.1 Å². The first-order valence-corrected chi connectivity index (χ1v) is 7.43. The fourth-order valence-corrected chi connectivity index (χ4v) is 2.21. The zero-order valence-electron chi connectivity index (χ0n) is 13.0. The minimum Gasteiger partial charge on any atom is -0.482 e. The molecule has 1 aromatic heterocycles. The molecular weight excluding hydrogens is 294 g/mol. The lowest BCUT2D eigenvalue weighted by atomic mass is 10.2. The number of nitrogens with zero attached hydrogens (tertiary/aromatic N) is 1. The van der Waals surface area contributed by atoms with Crippen LogP contribution in [-0.2, 0) is 11.2 Å². The van der Waals surface area contributed by atoms with Crippen LogP contribution < -0.4 is 9.47 Å². The number of rotatable bonds is 5. The minimum atomic E-state index is -0.468. The summed E-state index contributed by atoms with van der Waals surface area (Å²) in [5.41, 5.74) is 2.54. The summed E-state index contributed by atoms with van der Waals surface area (Å²) in [7, 11) is 0. The molecule has 1 heterocycles. The van der Waals surface area contributed by atoms with Crippen molar-refractivity contribution in [3.8, 4) is 11.5 Å². The molecule has 0 atom stereocenters. The van der Waals surface area contributed by atoms with Crippen LogP contribution in [0.2, 0.25) is 0 Å². The monoisotopic (exact) mass is 311 g/mol. The van der Waals surface area contributed by atoms with Crippen molar-refractivity contribution in [2.75, 3.05) is 6.61 Å². The molecule has 0 aliphatic rings. The zero-order chi connectivity index (χ0) is 16.2. The molecule has 0 aliphatic carbocycles. The van der Waals surface area contributed by atoms with E-state index < -0.39 is 5.97 Å². The maximum Gasteiger partial charge on any atom is 0.349 e. The van der Waals surface area contributed by atoms with Gasteiger partial charge in [-0.3, -0.25) is 0 Å². The van der Waals surface area contributed by atoms with Crippen molar-refractivity contribution in [3.63, 3.8) is 0 Å². The molecule has 0 unspecified atom stereocenters. The van der Waals surface area contributed by atoms with Crippen LogP contribution in [0.25, 0.3) is 11.1 Å². The molecule has 23 heavy (non-hydrogen) atoms. The second kappa shape index (κ2) is 6.52. The SMILES string of the molecule is CCc1ccc(OCC(=O)Oc2ccc3oc(C)nc3c2)cc1. The van der Waals surface area contributed by atoms with E-state index in [0.717, 1.165) is 6.42 Å². The molecule has 0 aliphatic heterocycles. The lowest BCUT2D eigenvalue weighted by molar-refractivity contribution is -0.136. The predicted molar refractivity (Wildman–Crippen MR) is 85.7 cm³/mol. The Morgan fingerprint density at radius 3 is 2.61 bits per heavy atom. The third kappa shape index (κ3) is 3.69. The van der Waals surface area contributed by atoms with Crippen LogP contribution in [0.4, 0.5) is 0 Å². The molecule has 0 amide bonds. The summed E-state index contributed by atoms with van der Waals surface area (Å²) in [6.45, 7) is 3.70. The van der Waals surface area contributed by atoms with Gasteiger partial charge in [-0.1, -0.05) is 19.1 Å². The number of aromatic nitrogens is 1. The maximum absolute atomic E-state index is 11.9. The highest BCUT2D eigenvalue weighted by atomic mass is 16.6. The zero-order valence-corrected chi connectivity index (χ0v) is 13.0. The number of hydrogen-bond donors (Lipinski definition) is 0. The van der Waals surface area contributed by atoms with Crippen molar-refractivity contribution >= 4 is 17.1 Å². The van der Waals surface area contributed by atoms with Crippen molar-refractivity contribution in [1.82, 2.24) is 4.98 Å². The van der Waals surface area contributed by atoms with E-state index in [0.29, 0.717) is 28.5 Å². The van der Waals surface area contributed by atoms with Gasteiger partial charge in [-0.2, -0.15) is 0 Å². The average molecular weight is 311 g/mol. The van der Waals surface area contributed by atoms with Crippen LogP contribution in [0.3, 0.4) is 0 Å². The fraction of sp³-hybridized carbons (Fsp3) is 0.222. The Hall–Kier alpha value is -2.82. The average Bonchev–Trinajstić information content (AvgIpc) is 2.92. The van der Waals surface area contributed by atoms with Crippen molar-refractivity contribution in [3.05, 3.63) is 53.9 Å². The summed E-state index contributed by atoms with van der Waals surface area (Å²) in [6.07, 6.45) is 0.965. The van der Waals surface area contributed by atoms with Crippen LogP contribution in [-0.4, -0.2) is 17.6 Å². The summed E-state index contributed by atoms with van der Waals surface area (Å²) in [5.74, 6) is 1.16. The highest BCUT2D eigenvalue weighted by Gasteiger charge is 2.09. The van der Waals surface area contributed by atoms with Gasteiger partial charge in [0.1, 0.15) is 17.0 Å². The van der Waals surface area contributed by atoms with Crippen molar-refractivity contribution in [1.29, 1.82) is 0 Å². The summed E-state index contributed by atoms with van der Waals surface area (Å²) < 4.78 is 16.1. The van der Waals surface area contributed by atoms with Crippen LogP contribution >= 0.6 is 0 Å². The number of esters is 1. The summed E-state index contributed by atoms with van der Waals surface area (Å²) in [4.78, 5) is 16.1. The predicted octanol–water partition coefficient (Wildman–Crippen LogP) is 3.68. The molecule has 118 valence electrons. The molecule has 0 bridgehead atoms. The fourth-order valence-electron chi connectivity index (χ4n) is 2.21. The van der Waals surface area contributed by atoms with Gasteiger partial charge in [0.05, 0.1) is 0 Å². The van der Waals surface area contributed by atoms with E-state index in [1.807, 2.05) is 24.3 Å². The quantitative estimate of drug-likeness (QED) is 0.531. The number of aryl methyl sites for hydroxylation is 2. The number of oxazole rings is 1. The normalized spacial score (nSPS) is 10.7. The molecular formula is C18H17NO4. The Bertz CT molecular complexity index is 821. The lowest BCUT2D eigenvalue weighted by Crippen LogP contribution is -2.17. The highest BCUT2D eigenvalue weighted by molar-refractivity contribution is 5.78. The third-order valence-corrected chi connectivity index (χ3v) is 3.39. The number of benzene rings is 2. The molecule has 0 spiro atoms. The van der Waals surface area contributed by atoms with E-state index in [-0.39, 0.29) is 6.61 Å². The number of carbonyl (C=O) groups excluding carboxylic acids is 1. The molecule has 2 aromatic carbocycles. The summed E-state index contributed by atoms with van der Waals surface area (Å²) in [6, 6.07) is 12.7. The Kier molecular flexibility index (Phi) is 4.28. The van der Waals surface area contributed by atoms with Gasteiger partial charge < -0.3 is 13.9 Å². The molecule has 5 heteroatoms. The Labute approximate surface area is 133 Å². The van der Waals surface area contributed by atoms with Crippen molar-refractivity contribution in [2.45, 2.75) is 20.3 Å². The van der Waals surface area contributed by atoms with E-state index in [1.165, 1.54) is 5.56 Å².